The Hall–Kier alpha value is -3.98. The van der Waals surface area contributed by atoms with Gasteiger partial charge in [-0.2, -0.15) is 0 Å². The molecule has 0 aliphatic heterocycles. The topological polar surface area (TPSA) is 130 Å². The molecule has 1 amide bonds. The fraction of sp³-hybridized carbons (Fsp3) is 0. The third kappa shape index (κ3) is 2.93. The maximum absolute atomic E-state index is 11.2. The van der Waals surface area contributed by atoms with Crippen LogP contribution in [0.1, 0.15) is 0 Å². The zero-order chi connectivity index (χ0) is 20.0. The van der Waals surface area contributed by atoms with Crippen LogP contribution >= 0.6 is 11.3 Å². The number of ether oxygens (including phenoxy) is 1. The van der Waals surface area contributed by atoms with Crippen molar-refractivity contribution >= 4 is 44.3 Å². The van der Waals surface area contributed by atoms with E-state index in [-0.39, 0.29) is 10.8 Å². The number of hydrogen-bond acceptors (Lipinski definition) is 8. The predicted molar refractivity (Wildman–Crippen MR) is 110 cm³/mol. The van der Waals surface area contributed by atoms with E-state index < -0.39 is 6.09 Å². The van der Waals surface area contributed by atoms with Crippen LogP contribution in [0.2, 0.25) is 0 Å². The number of anilines is 1. The van der Waals surface area contributed by atoms with Crippen molar-refractivity contribution < 1.29 is 13.9 Å². The van der Waals surface area contributed by atoms with E-state index in [1.54, 1.807) is 12.3 Å². The van der Waals surface area contributed by atoms with Crippen molar-refractivity contribution in [3.8, 4) is 28.0 Å². The molecule has 0 spiro atoms. The van der Waals surface area contributed by atoms with Gasteiger partial charge >= 0.3 is 6.09 Å². The molecule has 0 fully saturated rings. The van der Waals surface area contributed by atoms with E-state index in [1.807, 2.05) is 42.5 Å². The molecule has 9 heteroatoms. The third-order valence-corrected chi connectivity index (χ3v) is 5.28. The number of nitrogens with zero attached hydrogens (tertiary/aromatic N) is 3. The zero-order valence-corrected chi connectivity index (χ0v) is 15.6. The minimum atomic E-state index is -0.952. The number of pyridine rings is 1. The molecule has 4 aromatic heterocycles. The smallest absolute Gasteiger partial charge is 0.410 e. The summed E-state index contributed by atoms with van der Waals surface area (Å²) in [6, 6.07) is 15.0. The van der Waals surface area contributed by atoms with Gasteiger partial charge in [-0.15, -0.1) is 0 Å². The largest absolute Gasteiger partial charge is 0.454 e. The van der Waals surface area contributed by atoms with Crippen LogP contribution in [0.5, 0.6) is 5.06 Å². The van der Waals surface area contributed by atoms with Crippen LogP contribution in [0, 0.1) is 0 Å². The van der Waals surface area contributed by atoms with Crippen LogP contribution in [-0.4, -0.2) is 21.0 Å². The molecule has 0 saturated carbocycles. The standard InChI is InChI=1S/C20H13N5O3S/c21-15-14-16(13-9-10-5-1-2-7-12(10)27-13)24-17(11-6-3-4-8-23-11)25-18(14)29-19(15)28-20(22)26/h1-9H,21H2,(H2,22,26). The number of thiophene rings is 1. The number of primary amides is 1. The average Bonchev–Trinajstić information content (AvgIpc) is 3.29. The summed E-state index contributed by atoms with van der Waals surface area (Å²) >= 11 is 1.11. The number of nitrogens with two attached hydrogens (primary N) is 2. The zero-order valence-electron chi connectivity index (χ0n) is 14.8. The monoisotopic (exact) mass is 403 g/mol. The normalized spacial score (nSPS) is 11.2. The van der Waals surface area contributed by atoms with E-state index in [0.29, 0.717) is 33.2 Å². The van der Waals surface area contributed by atoms with Crippen LogP contribution < -0.4 is 16.2 Å². The molecule has 0 saturated heterocycles. The van der Waals surface area contributed by atoms with Crippen LogP contribution in [0.25, 0.3) is 44.2 Å². The Labute approximate surface area is 167 Å². The second-order valence-corrected chi connectivity index (χ2v) is 7.13. The first-order valence-corrected chi connectivity index (χ1v) is 9.39. The van der Waals surface area contributed by atoms with E-state index in [4.69, 9.17) is 20.6 Å². The molecule has 0 aliphatic carbocycles. The first-order valence-electron chi connectivity index (χ1n) is 8.58. The number of nitrogen functional groups attached to an aromatic ring is 1. The molecule has 0 bridgehead atoms. The summed E-state index contributed by atoms with van der Waals surface area (Å²) in [5, 5.41) is 1.62. The number of rotatable bonds is 3. The summed E-state index contributed by atoms with van der Waals surface area (Å²) in [5.41, 5.74) is 13.4. The summed E-state index contributed by atoms with van der Waals surface area (Å²) in [4.78, 5) is 25.3. The molecule has 0 radical (unpaired) electrons. The second kappa shape index (κ2) is 6.57. The highest BCUT2D eigenvalue weighted by Gasteiger charge is 2.23. The van der Waals surface area contributed by atoms with Crippen LogP contribution in [0.15, 0.2) is 59.1 Å². The Morgan fingerprint density at radius 1 is 1.10 bits per heavy atom. The number of amides is 1. The lowest BCUT2D eigenvalue weighted by Crippen LogP contribution is -2.16. The Kier molecular flexibility index (Phi) is 3.88. The maximum Gasteiger partial charge on any atom is 0.410 e. The van der Waals surface area contributed by atoms with Gasteiger partial charge in [-0.3, -0.25) is 4.98 Å². The molecular formula is C20H13N5O3S. The van der Waals surface area contributed by atoms with Crippen molar-refractivity contribution in [1.82, 2.24) is 15.0 Å². The van der Waals surface area contributed by atoms with Crippen molar-refractivity contribution in [3.05, 3.63) is 54.7 Å². The molecule has 0 atom stereocenters. The van der Waals surface area contributed by atoms with E-state index in [0.717, 1.165) is 22.3 Å². The van der Waals surface area contributed by atoms with Gasteiger partial charge in [0.25, 0.3) is 0 Å². The molecule has 0 unspecified atom stereocenters. The highest BCUT2D eigenvalue weighted by atomic mass is 32.1. The number of aromatic nitrogens is 3. The second-order valence-electron chi connectivity index (χ2n) is 6.16. The summed E-state index contributed by atoms with van der Waals surface area (Å²) in [7, 11) is 0. The van der Waals surface area contributed by atoms with Crippen molar-refractivity contribution in [2.24, 2.45) is 5.73 Å². The third-order valence-electron chi connectivity index (χ3n) is 4.30. The summed E-state index contributed by atoms with van der Waals surface area (Å²) < 4.78 is 11.0. The molecule has 29 heavy (non-hydrogen) atoms. The van der Waals surface area contributed by atoms with Crippen LogP contribution in [0.4, 0.5) is 10.5 Å². The number of carbonyl (C=O) groups is 1. The van der Waals surface area contributed by atoms with Gasteiger partial charge in [-0.05, 0) is 24.3 Å². The van der Waals surface area contributed by atoms with Crippen molar-refractivity contribution in [2.75, 3.05) is 5.73 Å². The molecule has 8 nitrogen and oxygen atoms in total. The Bertz CT molecular complexity index is 1340. The maximum atomic E-state index is 11.2. The van der Waals surface area contributed by atoms with Gasteiger partial charge in [0.15, 0.2) is 11.6 Å². The highest BCUT2D eigenvalue weighted by molar-refractivity contribution is 7.21. The lowest BCUT2D eigenvalue weighted by molar-refractivity contribution is 0.212. The molecule has 4 N–H and O–H groups in total. The number of benzene rings is 1. The van der Waals surface area contributed by atoms with Gasteiger partial charge in [0.1, 0.15) is 21.8 Å². The Morgan fingerprint density at radius 3 is 2.69 bits per heavy atom. The lowest BCUT2D eigenvalue weighted by Gasteiger charge is -2.04. The Balaban J connectivity index is 1.81. The SMILES string of the molecule is NC(=O)Oc1sc2nc(-c3ccccn3)nc(-c3cc4ccccc4o3)c2c1N. The average molecular weight is 403 g/mol. The number of furan rings is 1. The fourth-order valence-corrected chi connectivity index (χ4v) is 4.01. The van der Waals surface area contributed by atoms with Crippen molar-refractivity contribution in [3.63, 3.8) is 0 Å². The van der Waals surface area contributed by atoms with Crippen LogP contribution in [0.3, 0.4) is 0 Å². The van der Waals surface area contributed by atoms with E-state index in [1.165, 1.54) is 0 Å². The van der Waals surface area contributed by atoms with E-state index in [9.17, 15) is 4.79 Å². The molecular weight excluding hydrogens is 390 g/mol. The first-order chi connectivity index (χ1) is 14.1. The predicted octanol–water partition coefficient (Wildman–Crippen LogP) is 4.21. The molecule has 142 valence electrons. The quantitative estimate of drug-likeness (QED) is 0.461. The molecule has 5 aromatic rings. The number of carbonyl (C=O) groups excluding carboxylic acids is 1. The van der Waals surface area contributed by atoms with Gasteiger partial charge in [-0.1, -0.05) is 35.6 Å². The summed E-state index contributed by atoms with van der Waals surface area (Å²) in [6.45, 7) is 0. The number of para-hydroxylation sites is 1. The molecule has 0 aliphatic rings. The van der Waals surface area contributed by atoms with Gasteiger partial charge in [0.2, 0.25) is 5.06 Å². The van der Waals surface area contributed by atoms with Gasteiger partial charge in [-0.25, -0.2) is 14.8 Å². The minimum absolute atomic E-state index is 0.164. The van der Waals surface area contributed by atoms with E-state index >= 15 is 0 Å². The van der Waals surface area contributed by atoms with E-state index in [2.05, 4.69) is 15.0 Å². The molecule has 5 rings (SSSR count). The first kappa shape index (κ1) is 17.1. The van der Waals surface area contributed by atoms with Gasteiger partial charge in [0, 0.05) is 11.6 Å². The highest BCUT2D eigenvalue weighted by Crippen LogP contribution is 2.44. The molecule has 4 heterocycles. The fourth-order valence-electron chi connectivity index (χ4n) is 3.06. The van der Waals surface area contributed by atoms with Gasteiger partial charge in [0.05, 0.1) is 11.1 Å². The van der Waals surface area contributed by atoms with Crippen molar-refractivity contribution in [1.29, 1.82) is 0 Å². The number of fused-ring (bicyclic) bond motifs is 2. The van der Waals surface area contributed by atoms with Crippen LogP contribution in [-0.2, 0) is 0 Å². The summed E-state index contributed by atoms with van der Waals surface area (Å²) in [5.74, 6) is 0.923. The summed E-state index contributed by atoms with van der Waals surface area (Å²) in [6.07, 6.45) is 0.709. The minimum Gasteiger partial charge on any atom is -0.454 e. The number of hydrogen-bond donors (Lipinski definition) is 2. The molecule has 1 aromatic carbocycles. The lowest BCUT2D eigenvalue weighted by atomic mass is 10.2. The van der Waals surface area contributed by atoms with Crippen molar-refractivity contribution in [2.45, 2.75) is 0 Å². The van der Waals surface area contributed by atoms with Gasteiger partial charge < -0.3 is 20.6 Å². The Morgan fingerprint density at radius 2 is 1.93 bits per heavy atom.